The summed E-state index contributed by atoms with van der Waals surface area (Å²) in [5, 5.41) is 0. The fourth-order valence-electron chi connectivity index (χ4n) is 2.06. The Kier molecular flexibility index (Phi) is 1.41. The molecule has 2 heterocycles. The summed E-state index contributed by atoms with van der Waals surface area (Å²) in [7, 11) is 2.00. The number of nitrogens with two attached hydrogens (primary N) is 1. The third-order valence-corrected chi connectivity index (χ3v) is 2.91. The van der Waals surface area contributed by atoms with Crippen LogP contribution in [0.25, 0.3) is 16.8 Å². The van der Waals surface area contributed by atoms with Crippen molar-refractivity contribution in [2.45, 2.75) is 6.92 Å². The van der Waals surface area contributed by atoms with Crippen molar-refractivity contribution in [3.63, 3.8) is 0 Å². The molecule has 4 heteroatoms. The molecule has 76 valence electrons. The van der Waals surface area contributed by atoms with E-state index < -0.39 is 0 Å². The van der Waals surface area contributed by atoms with E-state index in [1.54, 1.807) is 0 Å². The van der Waals surface area contributed by atoms with Gasteiger partial charge in [0, 0.05) is 7.05 Å². The van der Waals surface area contributed by atoms with E-state index in [-0.39, 0.29) is 0 Å². The van der Waals surface area contributed by atoms with Gasteiger partial charge in [-0.1, -0.05) is 12.1 Å². The van der Waals surface area contributed by atoms with Gasteiger partial charge in [0.25, 0.3) is 0 Å². The number of benzene rings is 1. The van der Waals surface area contributed by atoms with Gasteiger partial charge in [-0.15, -0.1) is 0 Å². The second-order valence-electron chi connectivity index (χ2n) is 3.77. The van der Waals surface area contributed by atoms with E-state index in [1.807, 2.05) is 26.1 Å². The van der Waals surface area contributed by atoms with Crippen LogP contribution in [0.2, 0.25) is 0 Å². The number of hydrogen-bond acceptors (Lipinski definition) is 2. The lowest BCUT2D eigenvalue weighted by molar-refractivity contribution is 0.967. The van der Waals surface area contributed by atoms with Crippen molar-refractivity contribution in [2.24, 2.45) is 7.05 Å². The molecule has 0 saturated carbocycles. The van der Waals surface area contributed by atoms with Crippen LogP contribution in [0.3, 0.4) is 0 Å². The van der Waals surface area contributed by atoms with Gasteiger partial charge < -0.3 is 10.3 Å². The topological polar surface area (TPSA) is 48.2 Å². The van der Waals surface area contributed by atoms with Crippen LogP contribution in [-0.2, 0) is 7.05 Å². The zero-order valence-electron chi connectivity index (χ0n) is 8.73. The average Bonchev–Trinajstić information content (AvgIpc) is 2.68. The first kappa shape index (κ1) is 8.35. The number of fused-ring (bicyclic) bond motifs is 3. The molecule has 2 N–H and O–H groups in total. The number of para-hydroxylation sites is 2. The number of nitrogen functional groups attached to an aromatic ring is 1. The van der Waals surface area contributed by atoms with E-state index in [2.05, 4.69) is 26.1 Å². The SMILES string of the molecule is Cc1c(N)nc2n(C)c3ccccc3n12. The van der Waals surface area contributed by atoms with Gasteiger partial charge in [-0.2, -0.15) is 4.98 Å². The Balaban J connectivity index is 2.68. The van der Waals surface area contributed by atoms with Crippen LogP contribution in [0, 0.1) is 6.92 Å². The molecule has 0 unspecified atom stereocenters. The largest absolute Gasteiger partial charge is 0.382 e. The van der Waals surface area contributed by atoms with Crippen LogP contribution in [0.15, 0.2) is 24.3 Å². The number of aryl methyl sites for hydroxylation is 2. The number of aromatic nitrogens is 3. The normalized spacial score (nSPS) is 11.6. The highest BCUT2D eigenvalue weighted by Gasteiger charge is 2.13. The van der Waals surface area contributed by atoms with Crippen molar-refractivity contribution in [3.05, 3.63) is 30.0 Å². The van der Waals surface area contributed by atoms with Crippen LogP contribution in [0.5, 0.6) is 0 Å². The molecule has 3 aromatic rings. The summed E-state index contributed by atoms with van der Waals surface area (Å²) >= 11 is 0. The monoisotopic (exact) mass is 200 g/mol. The predicted molar refractivity (Wildman–Crippen MR) is 60.8 cm³/mol. The summed E-state index contributed by atoms with van der Waals surface area (Å²) in [5.74, 6) is 1.50. The van der Waals surface area contributed by atoms with Gasteiger partial charge in [0.2, 0.25) is 5.78 Å². The van der Waals surface area contributed by atoms with Crippen molar-refractivity contribution in [2.75, 3.05) is 5.73 Å². The first-order valence-electron chi connectivity index (χ1n) is 4.88. The lowest BCUT2D eigenvalue weighted by Gasteiger charge is -1.94. The fourth-order valence-corrected chi connectivity index (χ4v) is 2.06. The summed E-state index contributed by atoms with van der Waals surface area (Å²) in [4.78, 5) is 4.35. The second-order valence-corrected chi connectivity index (χ2v) is 3.77. The predicted octanol–water partition coefficient (Wildman–Crippen LogP) is 1.72. The molecule has 0 amide bonds. The Bertz CT molecular complexity index is 660. The Morgan fingerprint density at radius 1 is 1.20 bits per heavy atom. The summed E-state index contributed by atoms with van der Waals surface area (Å²) < 4.78 is 4.14. The Hall–Kier alpha value is -1.97. The number of rotatable bonds is 0. The second kappa shape index (κ2) is 2.53. The minimum absolute atomic E-state index is 0.603. The smallest absolute Gasteiger partial charge is 0.216 e. The maximum Gasteiger partial charge on any atom is 0.216 e. The lowest BCUT2D eigenvalue weighted by atomic mass is 10.3. The highest BCUT2D eigenvalue weighted by atomic mass is 15.2. The van der Waals surface area contributed by atoms with Crippen molar-refractivity contribution in [3.8, 4) is 0 Å². The number of anilines is 1. The van der Waals surface area contributed by atoms with E-state index in [9.17, 15) is 0 Å². The standard InChI is InChI=1S/C11H12N4/c1-7-10(12)13-11-14(2)8-5-3-4-6-9(8)15(7)11/h3-6H,12H2,1-2H3. The Morgan fingerprint density at radius 2 is 1.87 bits per heavy atom. The lowest BCUT2D eigenvalue weighted by Crippen LogP contribution is -1.90. The minimum atomic E-state index is 0.603. The van der Waals surface area contributed by atoms with Gasteiger partial charge in [0.05, 0.1) is 16.7 Å². The van der Waals surface area contributed by atoms with Gasteiger partial charge >= 0.3 is 0 Å². The first-order valence-corrected chi connectivity index (χ1v) is 4.88. The molecule has 0 bridgehead atoms. The van der Waals surface area contributed by atoms with Gasteiger partial charge in [-0.3, -0.25) is 4.40 Å². The maximum absolute atomic E-state index is 5.81. The molecule has 0 atom stereocenters. The van der Waals surface area contributed by atoms with E-state index in [0.717, 1.165) is 17.0 Å². The molecule has 3 rings (SSSR count). The molecule has 0 aliphatic heterocycles. The van der Waals surface area contributed by atoms with E-state index in [4.69, 9.17) is 5.73 Å². The number of imidazole rings is 2. The molecule has 0 spiro atoms. The van der Waals surface area contributed by atoms with Crippen molar-refractivity contribution < 1.29 is 0 Å². The molecule has 15 heavy (non-hydrogen) atoms. The van der Waals surface area contributed by atoms with Gasteiger partial charge in [-0.25, -0.2) is 0 Å². The van der Waals surface area contributed by atoms with Crippen LogP contribution in [-0.4, -0.2) is 14.0 Å². The molecule has 4 nitrogen and oxygen atoms in total. The Labute approximate surface area is 86.9 Å². The van der Waals surface area contributed by atoms with Gasteiger partial charge in [-0.05, 0) is 19.1 Å². The molecule has 2 aromatic heterocycles. The third-order valence-electron chi connectivity index (χ3n) is 2.91. The number of hydrogen-bond donors (Lipinski definition) is 1. The first-order chi connectivity index (χ1) is 7.20. The molecule has 0 fully saturated rings. The molecule has 1 aromatic carbocycles. The quantitative estimate of drug-likeness (QED) is 0.600. The Morgan fingerprint density at radius 3 is 2.60 bits per heavy atom. The van der Waals surface area contributed by atoms with Gasteiger partial charge in [0.15, 0.2) is 0 Å². The zero-order chi connectivity index (χ0) is 10.6. The van der Waals surface area contributed by atoms with Crippen LogP contribution in [0.4, 0.5) is 5.82 Å². The van der Waals surface area contributed by atoms with Crippen LogP contribution in [0.1, 0.15) is 5.69 Å². The molecular weight excluding hydrogens is 188 g/mol. The molecule has 0 saturated heterocycles. The molecular formula is C11H12N4. The minimum Gasteiger partial charge on any atom is -0.382 e. The summed E-state index contributed by atoms with van der Waals surface area (Å²) in [5.41, 5.74) is 9.13. The van der Waals surface area contributed by atoms with Crippen LogP contribution < -0.4 is 5.73 Å². The summed E-state index contributed by atoms with van der Waals surface area (Å²) in [6.45, 7) is 1.99. The van der Waals surface area contributed by atoms with Gasteiger partial charge in [0.1, 0.15) is 5.82 Å². The van der Waals surface area contributed by atoms with Crippen LogP contribution >= 0.6 is 0 Å². The highest BCUT2D eigenvalue weighted by Crippen LogP contribution is 2.23. The third kappa shape index (κ3) is 0.883. The fraction of sp³-hybridized carbons (Fsp3) is 0.182. The summed E-state index contributed by atoms with van der Waals surface area (Å²) in [6.07, 6.45) is 0. The molecule has 0 aliphatic rings. The van der Waals surface area contributed by atoms with E-state index in [0.29, 0.717) is 5.82 Å². The van der Waals surface area contributed by atoms with E-state index >= 15 is 0 Å². The highest BCUT2D eigenvalue weighted by molar-refractivity contribution is 5.82. The molecule has 0 aliphatic carbocycles. The zero-order valence-corrected chi connectivity index (χ0v) is 8.73. The molecule has 0 radical (unpaired) electrons. The van der Waals surface area contributed by atoms with E-state index in [1.165, 1.54) is 5.52 Å². The average molecular weight is 200 g/mol. The van der Waals surface area contributed by atoms with Crippen molar-refractivity contribution in [1.29, 1.82) is 0 Å². The number of nitrogens with zero attached hydrogens (tertiary/aromatic N) is 3. The van der Waals surface area contributed by atoms with Crippen molar-refractivity contribution in [1.82, 2.24) is 14.0 Å². The summed E-state index contributed by atoms with van der Waals surface area (Å²) in [6, 6.07) is 8.22. The van der Waals surface area contributed by atoms with Crippen molar-refractivity contribution >= 4 is 22.6 Å². The maximum atomic E-state index is 5.81.